The number of hydrogen-bond acceptors (Lipinski definition) is 5. The first kappa shape index (κ1) is 20.7. The fourth-order valence-electron chi connectivity index (χ4n) is 5.20. The molecule has 0 unspecified atom stereocenters. The number of carbonyl (C=O) groups excluding carboxylic acids is 1. The van der Waals surface area contributed by atoms with E-state index >= 15 is 0 Å². The highest BCUT2D eigenvalue weighted by atomic mass is 16.2. The fourth-order valence-corrected chi connectivity index (χ4v) is 5.20. The van der Waals surface area contributed by atoms with Crippen LogP contribution in [0.15, 0.2) is 36.4 Å². The molecule has 3 aromatic rings. The van der Waals surface area contributed by atoms with E-state index in [4.69, 9.17) is 0 Å². The summed E-state index contributed by atoms with van der Waals surface area (Å²) in [5.74, 6) is 1.13. The van der Waals surface area contributed by atoms with Gasteiger partial charge in [-0.3, -0.25) is 4.79 Å². The molecule has 0 radical (unpaired) electrons. The van der Waals surface area contributed by atoms with Crippen LogP contribution in [0.2, 0.25) is 0 Å². The van der Waals surface area contributed by atoms with E-state index in [2.05, 4.69) is 82.5 Å². The normalized spacial score (nSPS) is 19.4. The van der Waals surface area contributed by atoms with Gasteiger partial charge >= 0.3 is 0 Å². The quantitative estimate of drug-likeness (QED) is 0.660. The minimum absolute atomic E-state index is 0.117. The van der Waals surface area contributed by atoms with Crippen molar-refractivity contribution in [1.82, 2.24) is 15.1 Å². The fraction of sp³-hybridized carbons (Fsp3) is 0.423. The van der Waals surface area contributed by atoms with Crippen molar-refractivity contribution in [3.63, 3.8) is 0 Å². The molecular formula is C26H31N5O. The van der Waals surface area contributed by atoms with Crippen LogP contribution in [-0.4, -0.2) is 46.7 Å². The second-order valence-corrected chi connectivity index (χ2v) is 9.24. The molecule has 2 aromatic carbocycles. The number of aryl methyl sites for hydroxylation is 2. The summed E-state index contributed by atoms with van der Waals surface area (Å²) in [6.45, 7) is 11.1. The summed E-state index contributed by atoms with van der Waals surface area (Å²) in [4.78, 5) is 16.5. The van der Waals surface area contributed by atoms with Gasteiger partial charge in [-0.25, -0.2) is 0 Å². The SMILES string of the molecule is Cc1cccc([C@@H](C)Nc2nnc(C)c3ccc(N4CCN5C(=O)CC[C@@H]5C4)cc23)c1C. The van der Waals surface area contributed by atoms with E-state index in [0.29, 0.717) is 18.4 Å². The lowest BCUT2D eigenvalue weighted by atomic mass is 9.98. The highest BCUT2D eigenvalue weighted by Gasteiger charge is 2.35. The molecule has 2 fully saturated rings. The van der Waals surface area contributed by atoms with Gasteiger partial charge in [0.2, 0.25) is 5.91 Å². The van der Waals surface area contributed by atoms with E-state index in [1.807, 2.05) is 6.92 Å². The van der Waals surface area contributed by atoms with Gasteiger partial charge in [-0.2, -0.15) is 5.10 Å². The van der Waals surface area contributed by atoms with Crippen molar-refractivity contribution < 1.29 is 4.79 Å². The van der Waals surface area contributed by atoms with E-state index in [1.165, 1.54) is 22.4 Å². The molecule has 2 saturated heterocycles. The summed E-state index contributed by atoms with van der Waals surface area (Å²) in [6.07, 6.45) is 1.66. The van der Waals surface area contributed by atoms with Crippen LogP contribution in [0.4, 0.5) is 11.5 Å². The van der Waals surface area contributed by atoms with Crippen molar-refractivity contribution in [2.24, 2.45) is 0 Å². The predicted octanol–water partition coefficient (Wildman–Crippen LogP) is 4.54. The van der Waals surface area contributed by atoms with Crippen LogP contribution < -0.4 is 10.2 Å². The van der Waals surface area contributed by atoms with Crippen molar-refractivity contribution in [2.75, 3.05) is 29.9 Å². The molecule has 3 heterocycles. The summed E-state index contributed by atoms with van der Waals surface area (Å²) in [7, 11) is 0. The summed E-state index contributed by atoms with van der Waals surface area (Å²) < 4.78 is 0. The van der Waals surface area contributed by atoms with Gasteiger partial charge in [0.1, 0.15) is 0 Å². The number of anilines is 2. The number of amides is 1. The molecule has 0 spiro atoms. The second kappa shape index (κ2) is 8.08. The number of hydrogen-bond donors (Lipinski definition) is 1. The molecule has 0 saturated carbocycles. The van der Waals surface area contributed by atoms with Crippen LogP contribution in [0.3, 0.4) is 0 Å². The Bertz CT molecular complexity index is 1190. The Morgan fingerprint density at radius 3 is 2.75 bits per heavy atom. The average molecular weight is 430 g/mol. The molecule has 32 heavy (non-hydrogen) atoms. The van der Waals surface area contributed by atoms with E-state index < -0.39 is 0 Å². The van der Waals surface area contributed by atoms with Crippen LogP contribution in [0.1, 0.15) is 48.2 Å². The topological polar surface area (TPSA) is 61.4 Å². The lowest BCUT2D eigenvalue weighted by molar-refractivity contribution is -0.129. The van der Waals surface area contributed by atoms with Crippen LogP contribution >= 0.6 is 0 Å². The Morgan fingerprint density at radius 1 is 1.06 bits per heavy atom. The predicted molar refractivity (Wildman–Crippen MR) is 129 cm³/mol. The first-order valence-corrected chi connectivity index (χ1v) is 11.6. The lowest BCUT2D eigenvalue weighted by Gasteiger charge is -2.39. The van der Waals surface area contributed by atoms with Crippen molar-refractivity contribution in [2.45, 2.75) is 52.6 Å². The van der Waals surface area contributed by atoms with Crippen molar-refractivity contribution in [3.05, 3.63) is 58.8 Å². The average Bonchev–Trinajstić information content (AvgIpc) is 3.17. The smallest absolute Gasteiger partial charge is 0.223 e. The molecular weight excluding hydrogens is 398 g/mol. The molecule has 0 bridgehead atoms. The molecule has 5 rings (SSSR count). The Hall–Kier alpha value is -3.15. The van der Waals surface area contributed by atoms with Crippen molar-refractivity contribution >= 4 is 28.2 Å². The molecule has 0 aliphatic carbocycles. The number of nitrogens with one attached hydrogen (secondary N) is 1. The maximum absolute atomic E-state index is 12.1. The number of aromatic nitrogens is 2. The zero-order valence-corrected chi connectivity index (χ0v) is 19.4. The number of benzene rings is 2. The zero-order chi connectivity index (χ0) is 22.4. The standard InChI is InChI=1S/C26H31N5O/c1-16-6-5-7-22(17(16)2)18(3)27-26-24-14-20(8-10-23(24)19(4)28-29-26)30-12-13-31-21(15-30)9-11-25(31)32/h5-8,10,14,18,21H,9,11-13,15H2,1-4H3,(H,27,29)/t18-,21-/m1/s1. The minimum Gasteiger partial charge on any atom is -0.368 e. The van der Waals surface area contributed by atoms with E-state index in [9.17, 15) is 4.79 Å². The number of fused-ring (bicyclic) bond motifs is 2. The first-order chi connectivity index (χ1) is 15.4. The van der Waals surface area contributed by atoms with Crippen LogP contribution in [0, 0.1) is 20.8 Å². The van der Waals surface area contributed by atoms with Gasteiger partial charge < -0.3 is 15.1 Å². The Balaban J connectivity index is 1.47. The molecule has 1 N–H and O–H groups in total. The number of carbonyl (C=O) groups is 1. The zero-order valence-electron chi connectivity index (χ0n) is 19.4. The summed E-state index contributed by atoms with van der Waals surface area (Å²) in [6, 6.07) is 13.5. The highest BCUT2D eigenvalue weighted by Crippen LogP contribution is 2.33. The van der Waals surface area contributed by atoms with Gasteiger partial charge in [-0.15, -0.1) is 5.10 Å². The second-order valence-electron chi connectivity index (χ2n) is 9.24. The van der Waals surface area contributed by atoms with Crippen molar-refractivity contribution in [3.8, 4) is 0 Å². The maximum atomic E-state index is 12.1. The van der Waals surface area contributed by atoms with Gasteiger partial charge in [0, 0.05) is 48.6 Å². The van der Waals surface area contributed by atoms with E-state index in [1.54, 1.807) is 0 Å². The van der Waals surface area contributed by atoms with Gasteiger partial charge in [0.25, 0.3) is 0 Å². The third-order valence-electron chi connectivity index (χ3n) is 7.27. The van der Waals surface area contributed by atoms with Gasteiger partial charge in [-0.05, 0) is 62.9 Å². The van der Waals surface area contributed by atoms with Crippen LogP contribution in [0.25, 0.3) is 10.8 Å². The molecule has 2 atom stereocenters. The monoisotopic (exact) mass is 429 g/mol. The molecule has 1 aromatic heterocycles. The Morgan fingerprint density at radius 2 is 1.91 bits per heavy atom. The number of nitrogens with zero attached hydrogens (tertiary/aromatic N) is 4. The number of rotatable bonds is 4. The van der Waals surface area contributed by atoms with Crippen molar-refractivity contribution in [1.29, 1.82) is 0 Å². The molecule has 1 amide bonds. The summed E-state index contributed by atoms with van der Waals surface area (Å²) in [5, 5.41) is 14.8. The Labute approximate surface area is 189 Å². The summed E-state index contributed by atoms with van der Waals surface area (Å²) in [5.41, 5.74) is 6.00. The van der Waals surface area contributed by atoms with Gasteiger partial charge in [-0.1, -0.05) is 24.3 Å². The molecule has 2 aliphatic heterocycles. The molecule has 6 nitrogen and oxygen atoms in total. The number of piperazine rings is 1. The largest absolute Gasteiger partial charge is 0.368 e. The Kier molecular flexibility index (Phi) is 5.24. The highest BCUT2D eigenvalue weighted by molar-refractivity contribution is 5.95. The van der Waals surface area contributed by atoms with E-state index in [0.717, 1.165) is 48.3 Å². The van der Waals surface area contributed by atoms with Gasteiger partial charge in [0.05, 0.1) is 11.7 Å². The minimum atomic E-state index is 0.117. The van der Waals surface area contributed by atoms with E-state index in [-0.39, 0.29) is 6.04 Å². The maximum Gasteiger partial charge on any atom is 0.223 e. The molecule has 6 heteroatoms. The summed E-state index contributed by atoms with van der Waals surface area (Å²) >= 11 is 0. The first-order valence-electron chi connectivity index (χ1n) is 11.6. The third-order valence-corrected chi connectivity index (χ3v) is 7.27. The van der Waals surface area contributed by atoms with Crippen LogP contribution in [0.5, 0.6) is 0 Å². The molecule has 2 aliphatic rings. The van der Waals surface area contributed by atoms with Gasteiger partial charge in [0.15, 0.2) is 5.82 Å². The third kappa shape index (κ3) is 3.57. The van der Waals surface area contributed by atoms with Crippen LogP contribution in [-0.2, 0) is 4.79 Å². The lowest BCUT2D eigenvalue weighted by Crippen LogP contribution is -2.51. The molecule has 166 valence electrons.